The summed E-state index contributed by atoms with van der Waals surface area (Å²) in [6.45, 7) is 6.51. The van der Waals surface area contributed by atoms with Gasteiger partial charge in [-0.05, 0) is 103 Å². The number of carbonyl (C=O) groups is 3. The van der Waals surface area contributed by atoms with Gasteiger partial charge in [-0.2, -0.15) is 0 Å². The second kappa shape index (κ2) is 47.8. The van der Waals surface area contributed by atoms with Gasteiger partial charge >= 0.3 is 17.9 Å². The molecule has 0 saturated heterocycles. The third-order valence-electron chi connectivity index (χ3n) is 10.5. The molecular formula is C53H92O6. The monoisotopic (exact) mass is 825 g/mol. The van der Waals surface area contributed by atoms with E-state index in [1.165, 1.54) is 109 Å². The summed E-state index contributed by atoms with van der Waals surface area (Å²) in [4.78, 5) is 37.8. The Labute approximate surface area is 364 Å². The number of rotatable bonds is 44. The first-order valence-corrected chi connectivity index (χ1v) is 24.8. The van der Waals surface area contributed by atoms with Crippen LogP contribution in [0, 0.1) is 0 Å². The van der Waals surface area contributed by atoms with E-state index in [0.717, 1.165) is 89.9 Å². The van der Waals surface area contributed by atoms with E-state index in [2.05, 4.69) is 81.5 Å². The van der Waals surface area contributed by atoms with Gasteiger partial charge in [-0.15, -0.1) is 0 Å². The van der Waals surface area contributed by atoms with Crippen LogP contribution >= 0.6 is 0 Å². The van der Waals surface area contributed by atoms with E-state index in [0.29, 0.717) is 19.3 Å². The van der Waals surface area contributed by atoms with Gasteiger partial charge in [0.25, 0.3) is 0 Å². The van der Waals surface area contributed by atoms with E-state index in [9.17, 15) is 14.4 Å². The molecule has 0 fully saturated rings. The molecule has 59 heavy (non-hydrogen) atoms. The average molecular weight is 825 g/mol. The fourth-order valence-electron chi connectivity index (χ4n) is 6.66. The summed E-state index contributed by atoms with van der Waals surface area (Å²) in [5.41, 5.74) is 0. The van der Waals surface area contributed by atoms with Gasteiger partial charge in [-0.1, -0.05) is 178 Å². The molecule has 0 heterocycles. The molecule has 0 aliphatic heterocycles. The van der Waals surface area contributed by atoms with E-state index < -0.39 is 6.10 Å². The lowest BCUT2D eigenvalue weighted by atomic mass is 10.1. The first-order chi connectivity index (χ1) is 29.0. The Morgan fingerprint density at radius 3 is 1.08 bits per heavy atom. The molecule has 0 N–H and O–H groups in total. The maximum atomic E-state index is 12.8. The second-order valence-corrected chi connectivity index (χ2v) is 16.4. The number of carbonyl (C=O) groups excluding carboxylic acids is 3. The number of hydrogen-bond donors (Lipinski definition) is 0. The van der Waals surface area contributed by atoms with E-state index in [1.807, 2.05) is 0 Å². The van der Waals surface area contributed by atoms with Gasteiger partial charge in [0.05, 0.1) is 0 Å². The van der Waals surface area contributed by atoms with Crippen LogP contribution in [-0.4, -0.2) is 37.2 Å². The minimum Gasteiger partial charge on any atom is -0.462 e. The summed E-state index contributed by atoms with van der Waals surface area (Å²) in [7, 11) is 0. The Morgan fingerprint density at radius 2 is 0.627 bits per heavy atom. The van der Waals surface area contributed by atoms with Crippen molar-refractivity contribution in [2.75, 3.05) is 13.2 Å². The van der Waals surface area contributed by atoms with Gasteiger partial charge in [0.1, 0.15) is 13.2 Å². The molecule has 0 rings (SSSR count). The Hall–Kier alpha value is -2.89. The Balaban J connectivity index is 4.46. The standard InChI is InChI=1S/C53H92O6/c1-4-7-10-13-16-19-22-24-26-28-31-34-37-40-43-46-52(55)58-49-50(48-57-51(54)45-42-39-36-33-30-21-18-15-12-9-6-3)59-53(56)47-44-41-38-35-32-29-27-25-23-20-17-14-11-8-5-2/h15-16,18-19,24-27,31,34,50H,4-14,17,20-23,28-30,32-33,35-49H2,1-3H3/b18-15-,19-16-,26-24-,27-25-,34-31-/t50-/m0/s1. The molecule has 0 aromatic carbocycles. The van der Waals surface area contributed by atoms with Gasteiger partial charge in [0, 0.05) is 19.3 Å². The van der Waals surface area contributed by atoms with Crippen molar-refractivity contribution in [3.8, 4) is 0 Å². The average Bonchev–Trinajstić information content (AvgIpc) is 3.23. The van der Waals surface area contributed by atoms with Crippen LogP contribution in [0.5, 0.6) is 0 Å². The fraction of sp³-hybridized carbons (Fsp3) is 0.755. The number of unbranched alkanes of at least 4 members (excludes halogenated alkanes) is 23. The van der Waals surface area contributed by atoms with E-state index in [-0.39, 0.29) is 31.1 Å². The van der Waals surface area contributed by atoms with Crippen molar-refractivity contribution in [1.29, 1.82) is 0 Å². The summed E-state index contributed by atoms with van der Waals surface area (Å²) in [6.07, 6.45) is 57.7. The van der Waals surface area contributed by atoms with Crippen LogP contribution in [0.4, 0.5) is 0 Å². The largest absolute Gasteiger partial charge is 0.462 e. The van der Waals surface area contributed by atoms with Crippen LogP contribution in [0.1, 0.15) is 239 Å². The lowest BCUT2D eigenvalue weighted by Crippen LogP contribution is -2.30. The molecular weight excluding hydrogens is 733 g/mol. The Morgan fingerprint density at radius 1 is 0.339 bits per heavy atom. The zero-order valence-electron chi connectivity index (χ0n) is 38.8. The molecule has 0 aliphatic carbocycles. The van der Waals surface area contributed by atoms with Gasteiger partial charge in [0.2, 0.25) is 0 Å². The van der Waals surface area contributed by atoms with Crippen molar-refractivity contribution in [3.63, 3.8) is 0 Å². The van der Waals surface area contributed by atoms with Crippen molar-refractivity contribution in [1.82, 2.24) is 0 Å². The summed E-state index contributed by atoms with van der Waals surface area (Å²) in [5, 5.41) is 0. The van der Waals surface area contributed by atoms with Crippen LogP contribution in [-0.2, 0) is 28.6 Å². The van der Waals surface area contributed by atoms with Gasteiger partial charge in [-0.3, -0.25) is 14.4 Å². The molecule has 1 atom stereocenters. The first kappa shape index (κ1) is 56.1. The van der Waals surface area contributed by atoms with Crippen LogP contribution in [0.15, 0.2) is 60.8 Å². The third kappa shape index (κ3) is 46.0. The highest BCUT2D eigenvalue weighted by Crippen LogP contribution is 2.13. The number of esters is 3. The first-order valence-electron chi connectivity index (χ1n) is 24.8. The Kier molecular flexibility index (Phi) is 45.4. The molecule has 0 aromatic rings. The molecule has 6 heteroatoms. The maximum absolute atomic E-state index is 12.8. The number of ether oxygens (including phenoxy) is 3. The number of hydrogen-bond acceptors (Lipinski definition) is 6. The van der Waals surface area contributed by atoms with Crippen LogP contribution in [0.3, 0.4) is 0 Å². The fourth-order valence-corrected chi connectivity index (χ4v) is 6.66. The highest BCUT2D eigenvalue weighted by molar-refractivity contribution is 5.71. The predicted octanol–water partition coefficient (Wildman–Crippen LogP) is 16.1. The van der Waals surface area contributed by atoms with Crippen molar-refractivity contribution in [2.45, 2.75) is 245 Å². The van der Waals surface area contributed by atoms with Crippen molar-refractivity contribution < 1.29 is 28.6 Å². The highest BCUT2D eigenvalue weighted by atomic mass is 16.6. The molecule has 0 aliphatic rings. The van der Waals surface area contributed by atoms with Crippen LogP contribution < -0.4 is 0 Å². The minimum absolute atomic E-state index is 0.0942. The maximum Gasteiger partial charge on any atom is 0.306 e. The summed E-state index contributed by atoms with van der Waals surface area (Å²) >= 11 is 0. The summed E-state index contributed by atoms with van der Waals surface area (Å²) in [5.74, 6) is -0.951. The minimum atomic E-state index is -0.795. The lowest BCUT2D eigenvalue weighted by Gasteiger charge is -2.18. The third-order valence-corrected chi connectivity index (χ3v) is 10.5. The smallest absolute Gasteiger partial charge is 0.306 e. The van der Waals surface area contributed by atoms with Crippen LogP contribution in [0.25, 0.3) is 0 Å². The highest BCUT2D eigenvalue weighted by Gasteiger charge is 2.19. The molecule has 6 nitrogen and oxygen atoms in total. The topological polar surface area (TPSA) is 78.9 Å². The quantitative estimate of drug-likeness (QED) is 0.0263. The van der Waals surface area contributed by atoms with E-state index in [4.69, 9.17) is 14.2 Å². The van der Waals surface area contributed by atoms with Gasteiger partial charge < -0.3 is 14.2 Å². The van der Waals surface area contributed by atoms with Gasteiger partial charge in [-0.25, -0.2) is 0 Å². The Bertz CT molecular complexity index is 1090. The molecule has 0 saturated carbocycles. The summed E-state index contributed by atoms with van der Waals surface area (Å²) in [6, 6.07) is 0. The molecule has 340 valence electrons. The SMILES string of the molecule is CCCC/C=C\CCCCCCCC(=O)OC[C@@H](COC(=O)CCCC/C=C\C/C=C\C/C=C\CCCCC)OC(=O)CCCCCCC/C=C\CCCCCCCC. The molecule has 0 spiro atoms. The van der Waals surface area contributed by atoms with Crippen molar-refractivity contribution in [3.05, 3.63) is 60.8 Å². The van der Waals surface area contributed by atoms with Crippen molar-refractivity contribution >= 4 is 17.9 Å². The molecule has 0 radical (unpaired) electrons. The molecule has 0 unspecified atom stereocenters. The van der Waals surface area contributed by atoms with E-state index in [1.54, 1.807) is 0 Å². The zero-order valence-corrected chi connectivity index (χ0v) is 38.8. The molecule has 0 bridgehead atoms. The number of allylic oxidation sites excluding steroid dienone is 10. The summed E-state index contributed by atoms with van der Waals surface area (Å²) < 4.78 is 16.7. The van der Waals surface area contributed by atoms with Gasteiger partial charge in [0.15, 0.2) is 6.10 Å². The second-order valence-electron chi connectivity index (χ2n) is 16.4. The molecule has 0 amide bonds. The normalized spacial score (nSPS) is 12.5. The zero-order chi connectivity index (χ0) is 43.0. The van der Waals surface area contributed by atoms with Crippen molar-refractivity contribution in [2.24, 2.45) is 0 Å². The van der Waals surface area contributed by atoms with E-state index >= 15 is 0 Å². The predicted molar refractivity (Wildman–Crippen MR) is 251 cm³/mol. The lowest BCUT2D eigenvalue weighted by molar-refractivity contribution is -0.167. The van der Waals surface area contributed by atoms with Crippen LogP contribution in [0.2, 0.25) is 0 Å². The molecule has 0 aromatic heterocycles.